The Kier molecular flexibility index (Phi) is 1.47. The highest BCUT2D eigenvalue weighted by atomic mass is 19.1. The summed E-state index contributed by atoms with van der Waals surface area (Å²) in [5.74, 6) is -0.206. The van der Waals surface area contributed by atoms with Crippen LogP contribution in [0.15, 0.2) is 24.3 Å². The van der Waals surface area contributed by atoms with E-state index in [2.05, 4.69) is 0 Å². The number of hydrogen-bond acceptors (Lipinski definition) is 1. The van der Waals surface area contributed by atoms with Crippen molar-refractivity contribution in [3.63, 3.8) is 0 Å². The number of benzene rings is 1. The van der Waals surface area contributed by atoms with Gasteiger partial charge in [-0.1, -0.05) is 12.1 Å². The van der Waals surface area contributed by atoms with Crippen molar-refractivity contribution < 1.29 is 9.50 Å². The number of para-hydroxylation sites is 1. The monoisotopic (exact) mass is 191 g/mol. The molecule has 1 N–H and O–H groups in total. The van der Waals surface area contributed by atoms with Gasteiger partial charge in [-0.25, -0.2) is 4.39 Å². The second kappa shape index (κ2) is 2.58. The van der Waals surface area contributed by atoms with E-state index >= 15 is 0 Å². The highest BCUT2D eigenvalue weighted by Crippen LogP contribution is 2.33. The van der Waals surface area contributed by atoms with Gasteiger partial charge in [-0.15, -0.1) is 0 Å². The largest absolute Gasteiger partial charge is 0.387 e. The van der Waals surface area contributed by atoms with E-state index in [4.69, 9.17) is 0 Å². The molecule has 3 rings (SSSR count). The van der Waals surface area contributed by atoms with Crippen molar-refractivity contribution in [3.8, 4) is 0 Å². The van der Waals surface area contributed by atoms with Crippen molar-refractivity contribution in [1.82, 2.24) is 4.57 Å². The Bertz CT molecular complexity index is 503. The van der Waals surface area contributed by atoms with Crippen LogP contribution in [0, 0.1) is 5.82 Å². The molecule has 0 bridgehead atoms. The highest BCUT2D eigenvalue weighted by Gasteiger charge is 2.23. The molecule has 1 aliphatic heterocycles. The summed E-state index contributed by atoms with van der Waals surface area (Å²) in [5, 5.41) is 10.5. The fourth-order valence-electron chi connectivity index (χ4n) is 2.22. The summed E-state index contributed by atoms with van der Waals surface area (Å²) < 4.78 is 15.4. The van der Waals surface area contributed by atoms with Crippen LogP contribution in [0.1, 0.15) is 18.2 Å². The highest BCUT2D eigenvalue weighted by molar-refractivity contribution is 5.82. The molecule has 1 aromatic heterocycles. The first-order valence-electron chi connectivity index (χ1n) is 4.73. The maximum Gasteiger partial charge on any atom is 0.147 e. The molecule has 2 heterocycles. The van der Waals surface area contributed by atoms with Crippen LogP contribution in [0.2, 0.25) is 0 Å². The Morgan fingerprint density at radius 2 is 2.29 bits per heavy atom. The minimum absolute atomic E-state index is 0.206. The molecule has 1 atom stereocenters. The molecule has 1 aliphatic rings. The maximum absolute atomic E-state index is 13.5. The lowest BCUT2D eigenvalue weighted by Crippen LogP contribution is -1.93. The lowest BCUT2D eigenvalue weighted by molar-refractivity contribution is 0.180. The van der Waals surface area contributed by atoms with E-state index < -0.39 is 6.10 Å². The van der Waals surface area contributed by atoms with Gasteiger partial charge in [0, 0.05) is 17.6 Å². The van der Waals surface area contributed by atoms with Crippen LogP contribution >= 0.6 is 0 Å². The number of aliphatic hydroxyl groups is 1. The summed E-state index contributed by atoms with van der Waals surface area (Å²) in [6, 6.07) is 6.90. The third-order valence-corrected chi connectivity index (χ3v) is 2.87. The molecule has 0 saturated carbocycles. The van der Waals surface area contributed by atoms with Gasteiger partial charge in [0.1, 0.15) is 5.82 Å². The first kappa shape index (κ1) is 8.00. The number of aryl methyl sites for hydroxylation is 1. The molecule has 0 saturated heterocycles. The molecular weight excluding hydrogens is 181 g/mol. The predicted octanol–water partition coefficient (Wildman–Crippen LogP) is 2.22. The van der Waals surface area contributed by atoms with Crippen LogP contribution in [-0.2, 0) is 6.54 Å². The average Bonchev–Trinajstić information content (AvgIpc) is 2.68. The number of fused-ring (bicyclic) bond motifs is 3. The molecule has 0 radical (unpaired) electrons. The first-order valence-corrected chi connectivity index (χ1v) is 4.73. The van der Waals surface area contributed by atoms with Gasteiger partial charge in [-0.2, -0.15) is 0 Å². The molecular formula is C11H10FNO. The SMILES string of the molecule is OC1CCn2c1cc1cccc(F)c12. The van der Waals surface area contributed by atoms with Gasteiger partial charge < -0.3 is 9.67 Å². The number of aliphatic hydroxyl groups excluding tert-OH is 1. The molecule has 2 aromatic rings. The van der Waals surface area contributed by atoms with Gasteiger partial charge >= 0.3 is 0 Å². The van der Waals surface area contributed by atoms with E-state index in [0.717, 1.165) is 11.1 Å². The number of nitrogens with zero attached hydrogens (tertiary/aromatic N) is 1. The van der Waals surface area contributed by atoms with E-state index in [0.29, 0.717) is 18.5 Å². The Hall–Kier alpha value is -1.35. The van der Waals surface area contributed by atoms with E-state index in [1.54, 1.807) is 6.07 Å². The molecule has 3 heteroatoms. The van der Waals surface area contributed by atoms with Gasteiger partial charge in [-0.05, 0) is 18.6 Å². The van der Waals surface area contributed by atoms with Crippen LogP contribution in [0.4, 0.5) is 4.39 Å². The van der Waals surface area contributed by atoms with E-state index in [1.165, 1.54) is 6.07 Å². The Morgan fingerprint density at radius 1 is 1.43 bits per heavy atom. The number of aromatic nitrogens is 1. The van der Waals surface area contributed by atoms with Gasteiger partial charge in [0.15, 0.2) is 0 Å². The second-order valence-electron chi connectivity index (χ2n) is 3.70. The van der Waals surface area contributed by atoms with Crippen molar-refractivity contribution in [1.29, 1.82) is 0 Å². The topological polar surface area (TPSA) is 25.2 Å². The van der Waals surface area contributed by atoms with Crippen molar-refractivity contribution in [3.05, 3.63) is 35.8 Å². The van der Waals surface area contributed by atoms with Gasteiger partial charge in [0.05, 0.1) is 11.6 Å². The lowest BCUT2D eigenvalue weighted by atomic mass is 10.2. The Balaban J connectivity index is 2.41. The fourth-order valence-corrected chi connectivity index (χ4v) is 2.22. The van der Waals surface area contributed by atoms with Crippen LogP contribution in [0.25, 0.3) is 10.9 Å². The molecule has 1 aromatic carbocycles. The van der Waals surface area contributed by atoms with Gasteiger partial charge in [-0.3, -0.25) is 0 Å². The third kappa shape index (κ3) is 0.876. The van der Waals surface area contributed by atoms with Crippen LogP contribution in [0.5, 0.6) is 0 Å². The van der Waals surface area contributed by atoms with Crippen molar-refractivity contribution in [2.75, 3.05) is 0 Å². The normalized spacial score (nSPS) is 20.3. The summed E-state index contributed by atoms with van der Waals surface area (Å²) in [6.07, 6.45) is 0.265. The van der Waals surface area contributed by atoms with Gasteiger partial charge in [0.2, 0.25) is 0 Å². The molecule has 1 unspecified atom stereocenters. The maximum atomic E-state index is 13.5. The van der Waals surface area contributed by atoms with E-state index in [-0.39, 0.29) is 5.82 Å². The summed E-state index contributed by atoms with van der Waals surface area (Å²) in [7, 11) is 0. The van der Waals surface area contributed by atoms with E-state index in [9.17, 15) is 9.50 Å². The quantitative estimate of drug-likeness (QED) is 0.678. The summed E-state index contributed by atoms with van der Waals surface area (Å²) in [5.41, 5.74) is 1.46. The Morgan fingerprint density at radius 3 is 3.14 bits per heavy atom. The molecule has 0 amide bonds. The molecule has 0 spiro atoms. The zero-order chi connectivity index (χ0) is 9.71. The summed E-state index contributed by atoms with van der Waals surface area (Å²) in [4.78, 5) is 0. The van der Waals surface area contributed by atoms with E-state index in [1.807, 2.05) is 16.7 Å². The predicted molar refractivity (Wildman–Crippen MR) is 51.5 cm³/mol. The third-order valence-electron chi connectivity index (χ3n) is 2.87. The van der Waals surface area contributed by atoms with Crippen LogP contribution < -0.4 is 0 Å². The zero-order valence-corrected chi connectivity index (χ0v) is 7.57. The number of halogens is 1. The smallest absolute Gasteiger partial charge is 0.147 e. The lowest BCUT2D eigenvalue weighted by Gasteiger charge is -2.00. The Labute approximate surface area is 80.6 Å². The minimum atomic E-state index is -0.429. The molecule has 72 valence electrons. The number of hydrogen-bond donors (Lipinski definition) is 1. The van der Waals surface area contributed by atoms with Crippen molar-refractivity contribution in [2.24, 2.45) is 0 Å². The van der Waals surface area contributed by atoms with Crippen molar-refractivity contribution >= 4 is 10.9 Å². The number of rotatable bonds is 0. The fraction of sp³-hybridized carbons (Fsp3) is 0.273. The van der Waals surface area contributed by atoms with Crippen LogP contribution in [0.3, 0.4) is 0 Å². The summed E-state index contributed by atoms with van der Waals surface area (Å²) in [6.45, 7) is 0.709. The molecule has 0 fully saturated rings. The minimum Gasteiger partial charge on any atom is -0.387 e. The molecule has 2 nitrogen and oxygen atoms in total. The van der Waals surface area contributed by atoms with Gasteiger partial charge in [0.25, 0.3) is 0 Å². The zero-order valence-electron chi connectivity index (χ0n) is 7.57. The first-order chi connectivity index (χ1) is 6.77. The average molecular weight is 191 g/mol. The second-order valence-corrected chi connectivity index (χ2v) is 3.70. The van der Waals surface area contributed by atoms with Crippen LogP contribution in [-0.4, -0.2) is 9.67 Å². The molecule has 0 aliphatic carbocycles. The molecule has 14 heavy (non-hydrogen) atoms. The summed E-state index contributed by atoms with van der Waals surface area (Å²) >= 11 is 0. The standard InChI is InChI=1S/C11H10FNO/c12-8-3-1-2-7-6-9-10(14)4-5-13(9)11(7)8/h1-3,6,10,14H,4-5H2. The van der Waals surface area contributed by atoms with Crippen molar-refractivity contribution in [2.45, 2.75) is 19.1 Å².